The van der Waals surface area contributed by atoms with E-state index in [1.807, 2.05) is 6.26 Å². The molecule has 2 rings (SSSR count). The van der Waals surface area contributed by atoms with E-state index in [2.05, 4.69) is 6.08 Å². The van der Waals surface area contributed by atoms with Gasteiger partial charge in [0.25, 0.3) is 0 Å². The largest absolute Gasteiger partial charge is 0.498 e. The van der Waals surface area contributed by atoms with Crippen LogP contribution in [0.2, 0.25) is 0 Å². The number of ether oxygens (including phenoxy) is 1. The molecule has 0 aromatic heterocycles. The molecule has 1 heterocycles. The number of fused-ring (bicyclic) bond motifs is 1. The first kappa shape index (κ1) is 3.53. The lowest BCUT2D eigenvalue weighted by molar-refractivity contribution is 0.0622. The fourth-order valence-corrected chi connectivity index (χ4v) is 1.13. The van der Waals surface area contributed by atoms with Gasteiger partial charge >= 0.3 is 0 Å². The summed E-state index contributed by atoms with van der Waals surface area (Å²) in [6.45, 7) is 0. The minimum Gasteiger partial charge on any atom is -0.498 e. The van der Waals surface area contributed by atoms with Crippen molar-refractivity contribution in [3.05, 3.63) is 12.3 Å². The Kier molecular flexibility index (Phi) is 0.518. The third kappa shape index (κ3) is 0.328. The van der Waals surface area contributed by atoms with Crippen molar-refractivity contribution < 1.29 is 4.74 Å². The normalized spacial score (nSPS) is 44.6. The van der Waals surface area contributed by atoms with Gasteiger partial charge in [-0.3, -0.25) is 0 Å². The minimum atomic E-state index is 0.583. The third-order valence-corrected chi connectivity index (χ3v) is 1.84. The summed E-state index contributed by atoms with van der Waals surface area (Å²) in [7, 11) is 0. The Morgan fingerprint density at radius 1 is 1.43 bits per heavy atom. The lowest BCUT2D eigenvalue weighted by atomic mass is 9.83. The van der Waals surface area contributed by atoms with Crippen molar-refractivity contribution in [1.29, 1.82) is 0 Å². The topological polar surface area (TPSA) is 9.23 Å². The molecule has 2 aliphatic rings. The van der Waals surface area contributed by atoms with Gasteiger partial charge in [-0.1, -0.05) is 0 Å². The number of rotatable bonds is 0. The highest BCUT2D eigenvalue weighted by molar-refractivity contribution is 5.01. The molecular weight excluding hydrogens is 88.1 g/mol. The van der Waals surface area contributed by atoms with Crippen LogP contribution in [0, 0.1) is 5.92 Å². The maximum Gasteiger partial charge on any atom is 0.104 e. The zero-order valence-electron chi connectivity index (χ0n) is 4.13. The van der Waals surface area contributed by atoms with E-state index in [1.54, 1.807) is 0 Å². The molecule has 0 bridgehead atoms. The highest BCUT2D eigenvalue weighted by Crippen LogP contribution is 2.35. The molecule has 2 unspecified atom stereocenters. The molecule has 2 atom stereocenters. The summed E-state index contributed by atoms with van der Waals surface area (Å²) in [5, 5.41) is 0. The van der Waals surface area contributed by atoms with Crippen molar-refractivity contribution in [2.24, 2.45) is 5.92 Å². The zero-order valence-corrected chi connectivity index (χ0v) is 4.13. The Bertz CT molecular complexity index is 107. The molecule has 0 aromatic carbocycles. The summed E-state index contributed by atoms with van der Waals surface area (Å²) in [4.78, 5) is 0. The van der Waals surface area contributed by atoms with E-state index in [1.165, 1.54) is 12.8 Å². The Morgan fingerprint density at radius 3 is 2.71 bits per heavy atom. The fourth-order valence-electron chi connectivity index (χ4n) is 1.13. The van der Waals surface area contributed by atoms with Crippen molar-refractivity contribution in [3.8, 4) is 0 Å². The Hall–Kier alpha value is -0.460. The molecule has 1 heteroatoms. The molecule has 0 N–H and O–H groups in total. The van der Waals surface area contributed by atoms with Crippen molar-refractivity contribution in [1.82, 2.24) is 0 Å². The van der Waals surface area contributed by atoms with Crippen LogP contribution in [-0.4, -0.2) is 6.10 Å². The van der Waals surface area contributed by atoms with Crippen LogP contribution in [0.4, 0.5) is 0 Å². The first-order valence-corrected chi connectivity index (χ1v) is 2.79. The molecule has 1 saturated carbocycles. The summed E-state index contributed by atoms with van der Waals surface area (Å²) in [6, 6.07) is 0. The molecule has 1 nitrogen and oxygen atoms in total. The van der Waals surface area contributed by atoms with E-state index in [4.69, 9.17) is 4.74 Å². The minimum absolute atomic E-state index is 0.583. The second-order valence-corrected chi connectivity index (χ2v) is 2.24. The van der Waals surface area contributed by atoms with Crippen molar-refractivity contribution in [3.63, 3.8) is 0 Å². The molecule has 0 radical (unpaired) electrons. The summed E-state index contributed by atoms with van der Waals surface area (Å²) >= 11 is 0. The fraction of sp³-hybridized carbons (Fsp3) is 0.667. The summed E-state index contributed by atoms with van der Waals surface area (Å²) in [6.07, 6.45) is 7.20. The van der Waals surface area contributed by atoms with Gasteiger partial charge in [0.2, 0.25) is 0 Å². The van der Waals surface area contributed by atoms with Gasteiger partial charge < -0.3 is 4.74 Å². The SMILES string of the molecule is C1=CC2CCC2O1. The number of hydrogen-bond donors (Lipinski definition) is 0. The monoisotopic (exact) mass is 96.1 g/mol. The second-order valence-electron chi connectivity index (χ2n) is 2.24. The molecule has 1 aliphatic heterocycles. The van der Waals surface area contributed by atoms with Gasteiger partial charge in [0.1, 0.15) is 6.10 Å². The van der Waals surface area contributed by atoms with Crippen LogP contribution >= 0.6 is 0 Å². The van der Waals surface area contributed by atoms with Gasteiger partial charge in [-0.05, 0) is 18.9 Å². The molecule has 1 fully saturated rings. The maximum atomic E-state index is 5.17. The summed E-state index contributed by atoms with van der Waals surface area (Å²) < 4.78 is 5.17. The smallest absolute Gasteiger partial charge is 0.104 e. The number of hydrogen-bond acceptors (Lipinski definition) is 1. The van der Waals surface area contributed by atoms with Gasteiger partial charge in [0.15, 0.2) is 0 Å². The lowest BCUT2D eigenvalue weighted by Gasteiger charge is -2.27. The van der Waals surface area contributed by atoms with Gasteiger partial charge in [-0.15, -0.1) is 0 Å². The molecule has 0 spiro atoms. The van der Waals surface area contributed by atoms with E-state index in [-0.39, 0.29) is 0 Å². The average Bonchev–Trinajstić information content (AvgIpc) is 1.85. The van der Waals surface area contributed by atoms with Gasteiger partial charge in [-0.25, -0.2) is 0 Å². The third-order valence-electron chi connectivity index (χ3n) is 1.84. The molecule has 0 saturated heterocycles. The van der Waals surface area contributed by atoms with E-state index in [0.717, 1.165) is 5.92 Å². The average molecular weight is 96.1 g/mol. The quantitative estimate of drug-likeness (QED) is 0.441. The lowest BCUT2D eigenvalue weighted by Crippen LogP contribution is -2.26. The molecular formula is C6H8O. The van der Waals surface area contributed by atoms with Gasteiger partial charge in [-0.2, -0.15) is 0 Å². The highest BCUT2D eigenvalue weighted by atomic mass is 16.5. The summed E-state index contributed by atoms with van der Waals surface area (Å²) in [5.41, 5.74) is 0. The van der Waals surface area contributed by atoms with E-state index >= 15 is 0 Å². The maximum absolute atomic E-state index is 5.17. The molecule has 7 heavy (non-hydrogen) atoms. The predicted molar refractivity (Wildman–Crippen MR) is 26.7 cm³/mol. The Balaban J connectivity index is 2.14. The van der Waals surface area contributed by atoms with Gasteiger partial charge in [0, 0.05) is 5.92 Å². The van der Waals surface area contributed by atoms with E-state index in [0.29, 0.717) is 6.10 Å². The van der Waals surface area contributed by atoms with Crippen LogP contribution in [0.15, 0.2) is 12.3 Å². The molecule has 1 aliphatic carbocycles. The van der Waals surface area contributed by atoms with E-state index < -0.39 is 0 Å². The van der Waals surface area contributed by atoms with Crippen LogP contribution in [0.25, 0.3) is 0 Å². The van der Waals surface area contributed by atoms with Crippen LogP contribution in [0.1, 0.15) is 12.8 Å². The first-order valence-electron chi connectivity index (χ1n) is 2.79. The van der Waals surface area contributed by atoms with Crippen LogP contribution < -0.4 is 0 Å². The van der Waals surface area contributed by atoms with Crippen molar-refractivity contribution in [2.75, 3.05) is 0 Å². The van der Waals surface area contributed by atoms with Crippen LogP contribution in [0.3, 0.4) is 0 Å². The predicted octanol–water partition coefficient (Wildman–Crippen LogP) is 1.31. The van der Waals surface area contributed by atoms with Crippen molar-refractivity contribution in [2.45, 2.75) is 18.9 Å². The standard InChI is InChI=1S/C6H8O/c1-2-6-5(1)3-4-7-6/h3-6H,1-2H2. The first-order chi connectivity index (χ1) is 3.47. The van der Waals surface area contributed by atoms with Crippen LogP contribution in [-0.2, 0) is 4.74 Å². The van der Waals surface area contributed by atoms with Gasteiger partial charge in [0.05, 0.1) is 6.26 Å². The van der Waals surface area contributed by atoms with E-state index in [9.17, 15) is 0 Å². The second kappa shape index (κ2) is 1.03. The summed E-state index contributed by atoms with van der Waals surface area (Å²) in [5.74, 6) is 0.792. The molecule has 0 aromatic rings. The zero-order chi connectivity index (χ0) is 4.69. The Labute approximate surface area is 43.0 Å². The van der Waals surface area contributed by atoms with Crippen LogP contribution in [0.5, 0.6) is 0 Å². The molecule has 0 amide bonds. The highest BCUT2D eigenvalue weighted by Gasteiger charge is 2.32. The molecule has 38 valence electrons. The Morgan fingerprint density at radius 2 is 2.43 bits per heavy atom. The van der Waals surface area contributed by atoms with Crippen molar-refractivity contribution >= 4 is 0 Å².